The highest BCUT2D eigenvalue weighted by Gasteiger charge is 2.18. The lowest BCUT2D eigenvalue weighted by Gasteiger charge is -2.32. The predicted octanol–water partition coefficient (Wildman–Crippen LogP) is 2.85. The molecule has 9 heteroatoms. The highest BCUT2D eigenvalue weighted by Crippen LogP contribution is 2.24. The van der Waals surface area contributed by atoms with Crippen LogP contribution in [0.25, 0.3) is 11.3 Å². The second kappa shape index (κ2) is 10.4. The highest BCUT2D eigenvalue weighted by atomic mass is 32.2. The summed E-state index contributed by atoms with van der Waals surface area (Å²) in [5.74, 6) is 1.06. The summed E-state index contributed by atoms with van der Waals surface area (Å²) in [6, 6.07) is 17.4. The maximum Gasteiger partial charge on any atom is 0.213 e. The second-order valence-corrected chi connectivity index (χ2v) is 10.2. The quantitative estimate of drug-likeness (QED) is 0.466. The molecule has 1 aliphatic rings. The van der Waals surface area contributed by atoms with Crippen LogP contribution in [-0.2, 0) is 22.3 Å². The molecule has 33 heavy (non-hydrogen) atoms. The molecule has 1 fully saturated rings. The number of anilines is 2. The van der Waals surface area contributed by atoms with Gasteiger partial charge in [0.05, 0.1) is 11.4 Å². The van der Waals surface area contributed by atoms with E-state index in [0.717, 1.165) is 43.1 Å². The van der Waals surface area contributed by atoms with Crippen molar-refractivity contribution in [2.75, 3.05) is 25.0 Å². The van der Waals surface area contributed by atoms with Gasteiger partial charge in [0, 0.05) is 30.4 Å². The van der Waals surface area contributed by atoms with Gasteiger partial charge in [-0.05, 0) is 61.2 Å². The summed E-state index contributed by atoms with van der Waals surface area (Å²) in [7, 11) is -3.55. The molecule has 0 amide bonds. The minimum Gasteiger partial charge on any atom is -0.340 e. The molecule has 2 heterocycles. The lowest BCUT2D eigenvalue weighted by molar-refractivity contribution is 0.171. The lowest BCUT2D eigenvalue weighted by Crippen LogP contribution is -2.37. The third-order valence-corrected chi connectivity index (χ3v) is 6.56. The summed E-state index contributed by atoms with van der Waals surface area (Å²) in [4.78, 5) is 11.3. The second-order valence-electron chi connectivity index (χ2n) is 8.60. The van der Waals surface area contributed by atoms with Crippen molar-refractivity contribution in [3.63, 3.8) is 0 Å². The fraction of sp³-hybridized carbons (Fsp3) is 0.333. The van der Waals surface area contributed by atoms with E-state index in [4.69, 9.17) is 10.9 Å². The largest absolute Gasteiger partial charge is 0.340 e. The van der Waals surface area contributed by atoms with Gasteiger partial charge in [-0.3, -0.25) is 4.90 Å². The molecule has 0 aliphatic carbocycles. The Morgan fingerprint density at radius 1 is 1.06 bits per heavy atom. The van der Waals surface area contributed by atoms with Crippen LogP contribution in [-0.4, -0.2) is 42.9 Å². The summed E-state index contributed by atoms with van der Waals surface area (Å²) in [6.07, 6.45) is 3.96. The van der Waals surface area contributed by atoms with Crippen LogP contribution in [0.4, 0.5) is 11.5 Å². The third-order valence-electron chi connectivity index (χ3n) is 5.83. The SMILES string of the molecule is NCC1CCCN(Cc2cccc(-c3cc(Nc4ccc(CS(N)(=O)=O)cc4)ncn3)c2)C1. The van der Waals surface area contributed by atoms with Gasteiger partial charge >= 0.3 is 0 Å². The van der Waals surface area contributed by atoms with E-state index in [2.05, 4.69) is 44.5 Å². The van der Waals surface area contributed by atoms with Gasteiger partial charge in [-0.2, -0.15) is 0 Å². The Hall–Kier alpha value is -2.85. The van der Waals surface area contributed by atoms with E-state index in [1.54, 1.807) is 24.3 Å². The van der Waals surface area contributed by atoms with E-state index in [1.807, 2.05) is 6.07 Å². The molecule has 8 nitrogen and oxygen atoms in total. The van der Waals surface area contributed by atoms with Crippen molar-refractivity contribution in [1.29, 1.82) is 0 Å². The van der Waals surface area contributed by atoms with Crippen LogP contribution >= 0.6 is 0 Å². The van der Waals surface area contributed by atoms with Crippen molar-refractivity contribution in [2.45, 2.75) is 25.1 Å². The number of aromatic nitrogens is 2. The molecule has 3 aromatic rings. The van der Waals surface area contributed by atoms with Crippen molar-refractivity contribution >= 4 is 21.5 Å². The molecule has 0 saturated carbocycles. The predicted molar refractivity (Wildman–Crippen MR) is 131 cm³/mol. The average Bonchev–Trinajstić information content (AvgIpc) is 2.80. The number of hydrogen-bond donors (Lipinski definition) is 3. The fourth-order valence-electron chi connectivity index (χ4n) is 4.22. The average molecular weight is 467 g/mol. The van der Waals surface area contributed by atoms with E-state index in [-0.39, 0.29) is 5.75 Å². The maximum atomic E-state index is 11.3. The number of benzene rings is 2. The first-order chi connectivity index (χ1) is 15.9. The number of nitrogens with two attached hydrogens (primary N) is 2. The topological polar surface area (TPSA) is 127 Å². The molecule has 1 saturated heterocycles. The zero-order valence-electron chi connectivity index (χ0n) is 18.5. The van der Waals surface area contributed by atoms with Gasteiger partial charge in [-0.15, -0.1) is 0 Å². The van der Waals surface area contributed by atoms with Gasteiger partial charge in [-0.1, -0.05) is 30.3 Å². The van der Waals surface area contributed by atoms with Gasteiger partial charge in [0.25, 0.3) is 0 Å². The molecule has 0 radical (unpaired) electrons. The number of sulfonamides is 1. The first kappa shape index (κ1) is 23.3. The summed E-state index contributed by atoms with van der Waals surface area (Å²) < 4.78 is 22.5. The summed E-state index contributed by atoms with van der Waals surface area (Å²) in [5, 5.41) is 8.35. The number of piperidine rings is 1. The number of hydrogen-bond acceptors (Lipinski definition) is 7. The molecule has 2 aromatic carbocycles. The number of likely N-dealkylation sites (tertiary alicyclic amines) is 1. The smallest absolute Gasteiger partial charge is 0.213 e. The molecule has 1 atom stereocenters. The minimum atomic E-state index is -3.55. The summed E-state index contributed by atoms with van der Waals surface area (Å²) >= 11 is 0. The van der Waals surface area contributed by atoms with E-state index < -0.39 is 10.0 Å². The van der Waals surface area contributed by atoms with Crippen LogP contribution in [0.5, 0.6) is 0 Å². The molecule has 4 rings (SSSR count). The Kier molecular flexibility index (Phi) is 7.34. The standard InChI is InChI=1S/C24H30N6O2S/c25-13-20-4-2-10-30(15-20)14-19-3-1-5-21(11-19)23-12-24(28-17-27-23)29-22-8-6-18(7-9-22)16-33(26,31)32/h1,3,5-9,11-12,17,20H,2,4,10,13-16,25H2,(H2,26,31,32)(H,27,28,29). The molecule has 1 aliphatic heterocycles. The Balaban J connectivity index is 1.45. The molecule has 5 N–H and O–H groups in total. The Bertz CT molecular complexity index is 1180. The summed E-state index contributed by atoms with van der Waals surface area (Å²) in [6.45, 7) is 3.82. The van der Waals surface area contributed by atoms with Gasteiger partial charge < -0.3 is 11.1 Å². The summed E-state index contributed by atoms with van der Waals surface area (Å²) in [5.41, 5.74) is 10.4. The van der Waals surface area contributed by atoms with Gasteiger partial charge in [0.2, 0.25) is 10.0 Å². The molecule has 0 bridgehead atoms. The molecule has 1 aromatic heterocycles. The molecule has 0 spiro atoms. The van der Waals surface area contributed by atoms with Crippen molar-refractivity contribution in [3.05, 3.63) is 72.1 Å². The maximum absolute atomic E-state index is 11.3. The molecule has 1 unspecified atom stereocenters. The Labute approximate surface area is 195 Å². The van der Waals surface area contributed by atoms with Gasteiger partial charge in [-0.25, -0.2) is 23.5 Å². The Morgan fingerprint density at radius 2 is 1.88 bits per heavy atom. The first-order valence-corrected chi connectivity index (χ1v) is 12.8. The number of rotatable bonds is 8. The zero-order chi connectivity index (χ0) is 23.3. The highest BCUT2D eigenvalue weighted by molar-refractivity contribution is 7.88. The van der Waals surface area contributed by atoms with E-state index in [0.29, 0.717) is 17.3 Å². The van der Waals surface area contributed by atoms with Crippen molar-refractivity contribution in [2.24, 2.45) is 16.8 Å². The molecule has 174 valence electrons. The number of nitrogens with one attached hydrogen (secondary N) is 1. The van der Waals surface area contributed by atoms with Crippen LogP contribution in [0, 0.1) is 5.92 Å². The minimum absolute atomic E-state index is 0.189. The van der Waals surface area contributed by atoms with E-state index in [9.17, 15) is 8.42 Å². The normalized spacial score (nSPS) is 17.1. The van der Waals surface area contributed by atoms with Crippen LogP contribution in [0.15, 0.2) is 60.9 Å². The van der Waals surface area contributed by atoms with Crippen molar-refractivity contribution in [3.8, 4) is 11.3 Å². The number of primary sulfonamides is 1. The van der Waals surface area contributed by atoms with Gasteiger partial charge in [0.1, 0.15) is 12.1 Å². The molecular weight excluding hydrogens is 436 g/mol. The fourth-order valence-corrected chi connectivity index (χ4v) is 4.88. The number of nitrogens with zero attached hydrogens (tertiary/aromatic N) is 3. The third kappa shape index (κ3) is 6.82. The van der Waals surface area contributed by atoms with Crippen molar-refractivity contribution < 1.29 is 8.42 Å². The van der Waals surface area contributed by atoms with Crippen LogP contribution in [0.3, 0.4) is 0 Å². The van der Waals surface area contributed by atoms with Gasteiger partial charge in [0.15, 0.2) is 0 Å². The monoisotopic (exact) mass is 466 g/mol. The zero-order valence-corrected chi connectivity index (χ0v) is 19.3. The van der Waals surface area contributed by atoms with Crippen molar-refractivity contribution in [1.82, 2.24) is 14.9 Å². The van der Waals surface area contributed by atoms with Crippen LogP contribution in [0.1, 0.15) is 24.0 Å². The lowest BCUT2D eigenvalue weighted by atomic mass is 9.97. The van der Waals surface area contributed by atoms with Crippen LogP contribution in [0.2, 0.25) is 0 Å². The Morgan fingerprint density at radius 3 is 2.64 bits per heavy atom. The van der Waals surface area contributed by atoms with E-state index >= 15 is 0 Å². The van der Waals surface area contributed by atoms with Crippen LogP contribution < -0.4 is 16.2 Å². The molecular formula is C24H30N6O2S. The van der Waals surface area contributed by atoms with E-state index in [1.165, 1.54) is 24.7 Å². The first-order valence-electron chi connectivity index (χ1n) is 11.1.